The fraction of sp³-hybridized carbons (Fsp3) is 0.791. The van der Waals surface area contributed by atoms with Crippen LogP contribution in [-0.2, 0) is 23.1 Å². The first-order valence-electron chi connectivity index (χ1n) is 21.1. The maximum absolute atomic E-state index is 12.8. The number of carbonyl (C=O) groups is 1. The van der Waals surface area contributed by atoms with Crippen LogP contribution < -0.4 is 10.2 Å². The molecule has 1 rings (SSSR count). The highest BCUT2D eigenvalue weighted by Crippen LogP contribution is 2.38. The van der Waals surface area contributed by atoms with Gasteiger partial charge in [0.15, 0.2) is 0 Å². The van der Waals surface area contributed by atoms with Gasteiger partial charge in [-0.15, -0.1) is 0 Å². The van der Waals surface area contributed by atoms with E-state index in [0.717, 1.165) is 44.9 Å². The smallest absolute Gasteiger partial charge is 0.268 e. The lowest BCUT2D eigenvalue weighted by molar-refractivity contribution is -0.870. The molecule has 1 amide bonds. The highest BCUT2D eigenvalue weighted by atomic mass is 31.2. The molecular weight excluding hydrogens is 687 g/mol. The number of hydrogen-bond donors (Lipinski definition) is 2. The van der Waals surface area contributed by atoms with Crippen molar-refractivity contribution in [2.45, 2.75) is 179 Å². The summed E-state index contributed by atoms with van der Waals surface area (Å²) >= 11 is 0. The summed E-state index contributed by atoms with van der Waals surface area (Å²) in [4.78, 5) is 25.3. The van der Waals surface area contributed by atoms with E-state index >= 15 is 0 Å². The van der Waals surface area contributed by atoms with Gasteiger partial charge in [-0.05, 0) is 57.8 Å². The number of epoxide rings is 1. The van der Waals surface area contributed by atoms with E-state index in [1.807, 2.05) is 27.2 Å². The number of phosphoric ester groups is 1. The number of quaternary nitrogens is 1. The van der Waals surface area contributed by atoms with Crippen LogP contribution in [0.1, 0.15) is 155 Å². The molecule has 1 aliphatic heterocycles. The van der Waals surface area contributed by atoms with Gasteiger partial charge in [-0.25, -0.2) is 0 Å². The quantitative estimate of drug-likeness (QED) is 0.0214. The third-order valence-electron chi connectivity index (χ3n) is 9.44. The molecule has 9 nitrogen and oxygen atoms in total. The number of hydrogen-bond acceptors (Lipinski definition) is 7. The number of likely N-dealkylation sites (N-methyl/N-ethyl adjacent to an activating group) is 1. The van der Waals surface area contributed by atoms with Gasteiger partial charge in [-0.3, -0.25) is 9.36 Å². The Balaban J connectivity index is 2.41. The van der Waals surface area contributed by atoms with Crippen molar-refractivity contribution in [3.63, 3.8) is 0 Å². The Morgan fingerprint density at radius 1 is 0.755 bits per heavy atom. The first-order valence-corrected chi connectivity index (χ1v) is 22.6. The van der Waals surface area contributed by atoms with Crippen LogP contribution in [-0.4, -0.2) is 80.8 Å². The summed E-state index contributed by atoms with van der Waals surface area (Å²) < 4.78 is 28.9. The number of aliphatic hydroxyl groups excluding tert-OH is 1. The zero-order chi connectivity index (χ0) is 39.0. The van der Waals surface area contributed by atoms with Gasteiger partial charge in [0.1, 0.15) is 13.2 Å². The maximum Gasteiger partial charge on any atom is 0.268 e. The Bertz CT molecular complexity index is 1070. The van der Waals surface area contributed by atoms with Crippen molar-refractivity contribution in [3.8, 4) is 0 Å². The van der Waals surface area contributed by atoms with Crippen molar-refractivity contribution < 1.29 is 37.6 Å². The van der Waals surface area contributed by atoms with Crippen molar-refractivity contribution in [1.82, 2.24) is 5.32 Å². The fourth-order valence-corrected chi connectivity index (χ4v) is 6.61. The molecule has 1 fully saturated rings. The molecular formula is C43H79N2O7P. The van der Waals surface area contributed by atoms with Crippen LogP contribution in [0.5, 0.6) is 0 Å². The lowest BCUT2D eigenvalue weighted by atomic mass is 10.0. The van der Waals surface area contributed by atoms with E-state index in [4.69, 9.17) is 13.8 Å². The minimum absolute atomic E-state index is 0.0159. The normalized spacial score (nSPS) is 18.8. The number of rotatable bonds is 36. The van der Waals surface area contributed by atoms with E-state index in [1.165, 1.54) is 83.5 Å². The van der Waals surface area contributed by atoms with Gasteiger partial charge in [-0.2, -0.15) is 0 Å². The third kappa shape index (κ3) is 31.3. The standard InChI is InChI=1S/C43H79N2O7P/c1-6-8-10-12-14-16-17-18-19-21-22-24-28-32-40(46)39(38-51-53(48,49)50-37-36-45(3,4)5)44-43(47)35-31-27-26-30-34-42-41(52-42)33-29-25-23-20-15-13-11-9-7-2/h15,20,25-26,28-30,32,39-42,46H,6-14,16-19,21-24,27,31,33-38H2,1-5H3,(H-,44,47,48,49)/b20-15-,29-25-,30-26-,32-28+/t39-,40+,41?,42?/m0/s1. The zero-order valence-electron chi connectivity index (χ0n) is 34.4. The molecule has 308 valence electrons. The van der Waals surface area contributed by atoms with Crippen LogP contribution in [0.15, 0.2) is 48.6 Å². The highest BCUT2D eigenvalue weighted by molar-refractivity contribution is 7.45. The topological polar surface area (TPSA) is 120 Å². The molecule has 3 unspecified atom stereocenters. The predicted octanol–water partition coefficient (Wildman–Crippen LogP) is 9.65. The summed E-state index contributed by atoms with van der Waals surface area (Å²) in [7, 11) is 1.21. The molecule has 0 aromatic rings. The number of carbonyl (C=O) groups excluding carboxylic acids is 1. The Kier molecular flexibility index (Phi) is 29.5. The van der Waals surface area contributed by atoms with Crippen LogP contribution >= 0.6 is 7.82 Å². The van der Waals surface area contributed by atoms with Crippen molar-refractivity contribution in [1.29, 1.82) is 0 Å². The van der Waals surface area contributed by atoms with Crippen molar-refractivity contribution in [2.75, 3.05) is 40.9 Å². The van der Waals surface area contributed by atoms with Gasteiger partial charge in [0, 0.05) is 6.42 Å². The molecule has 53 heavy (non-hydrogen) atoms. The van der Waals surface area contributed by atoms with E-state index in [2.05, 4.69) is 55.6 Å². The second-order valence-corrected chi connectivity index (χ2v) is 17.1. The summed E-state index contributed by atoms with van der Waals surface area (Å²) in [5.74, 6) is -0.260. The van der Waals surface area contributed by atoms with Gasteiger partial charge in [-0.1, -0.05) is 140 Å². The Morgan fingerprint density at radius 3 is 1.91 bits per heavy atom. The van der Waals surface area contributed by atoms with Gasteiger partial charge in [0.05, 0.1) is 52.1 Å². The van der Waals surface area contributed by atoms with Crippen LogP contribution in [0.4, 0.5) is 0 Å². The number of unbranched alkanes of at least 4 members (excludes halogenated alkanes) is 15. The third-order valence-corrected chi connectivity index (χ3v) is 10.4. The van der Waals surface area contributed by atoms with Gasteiger partial charge in [0.25, 0.3) is 7.82 Å². The molecule has 0 radical (unpaired) electrons. The number of allylic oxidation sites excluding steroid dienone is 5. The lowest BCUT2D eigenvalue weighted by Gasteiger charge is -2.29. The molecule has 1 saturated heterocycles. The first-order chi connectivity index (χ1) is 25.5. The Labute approximate surface area is 324 Å². The van der Waals surface area contributed by atoms with Crippen molar-refractivity contribution in [2.24, 2.45) is 0 Å². The van der Waals surface area contributed by atoms with Crippen LogP contribution in [0.2, 0.25) is 0 Å². The SMILES string of the molecule is CCCCC/C=C\C/C=C\CC1OC1C/C=C\CCCC(=O)N[C@@H](COP(=O)([O-])OCC[N+](C)(C)C)[C@H](O)/C=C/CCCCCCCCCCCCC. The minimum atomic E-state index is -4.61. The second-order valence-electron chi connectivity index (χ2n) is 15.7. The average molecular weight is 767 g/mol. The second kappa shape index (κ2) is 31.6. The Hall–Kier alpha value is -1.58. The number of nitrogens with zero attached hydrogens (tertiary/aromatic N) is 1. The van der Waals surface area contributed by atoms with E-state index in [-0.39, 0.29) is 25.0 Å². The number of amides is 1. The van der Waals surface area contributed by atoms with Crippen molar-refractivity contribution >= 4 is 13.7 Å². The van der Waals surface area contributed by atoms with Crippen molar-refractivity contribution in [3.05, 3.63) is 48.6 Å². The number of nitrogens with one attached hydrogen (secondary N) is 1. The number of ether oxygens (including phenoxy) is 1. The van der Waals surface area contributed by atoms with E-state index < -0.39 is 26.6 Å². The highest BCUT2D eigenvalue weighted by Gasteiger charge is 2.36. The van der Waals surface area contributed by atoms with E-state index in [0.29, 0.717) is 23.6 Å². The molecule has 10 heteroatoms. The molecule has 0 aromatic carbocycles. The molecule has 1 heterocycles. The average Bonchev–Trinajstić information content (AvgIpc) is 3.86. The number of phosphoric acid groups is 1. The van der Waals surface area contributed by atoms with Gasteiger partial charge >= 0.3 is 0 Å². The van der Waals surface area contributed by atoms with Gasteiger partial charge in [0.2, 0.25) is 5.91 Å². The molecule has 5 atom stereocenters. The van der Waals surface area contributed by atoms with E-state index in [1.54, 1.807) is 6.08 Å². The molecule has 0 spiro atoms. The molecule has 0 aromatic heterocycles. The zero-order valence-corrected chi connectivity index (χ0v) is 35.3. The molecule has 0 aliphatic carbocycles. The molecule has 2 N–H and O–H groups in total. The molecule has 1 aliphatic rings. The first kappa shape index (κ1) is 49.4. The van der Waals surface area contributed by atoms with E-state index in [9.17, 15) is 19.4 Å². The lowest BCUT2D eigenvalue weighted by Crippen LogP contribution is -2.45. The molecule has 0 saturated carbocycles. The molecule has 0 bridgehead atoms. The summed E-state index contributed by atoms with van der Waals surface area (Å²) in [6.45, 7) is 4.53. The largest absolute Gasteiger partial charge is 0.756 e. The monoisotopic (exact) mass is 767 g/mol. The van der Waals surface area contributed by atoms with Gasteiger partial charge < -0.3 is 33.6 Å². The van der Waals surface area contributed by atoms with Crippen LogP contribution in [0.3, 0.4) is 0 Å². The Morgan fingerprint density at radius 2 is 1.26 bits per heavy atom. The van der Waals surface area contributed by atoms with Crippen LogP contribution in [0, 0.1) is 0 Å². The van der Waals surface area contributed by atoms with Crippen LogP contribution in [0.25, 0.3) is 0 Å². The summed E-state index contributed by atoms with van der Waals surface area (Å²) in [6, 6.07) is -0.921. The fourth-order valence-electron chi connectivity index (χ4n) is 5.89. The maximum atomic E-state index is 12.8. The minimum Gasteiger partial charge on any atom is -0.756 e. The summed E-state index contributed by atoms with van der Waals surface area (Å²) in [5.41, 5.74) is 0. The summed E-state index contributed by atoms with van der Waals surface area (Å²) in [6.07, 6.45) is 40.4. The predicted molar refractivity (Wildman–Crippen MR) is 218 cm³/mol. The number of aliphatic hydroxyl groups is 1. The summed E-state index contributed by atoms with van der Waals surface area (Å²) in [5, 5.41) is 13.7.